The van der Waals surface area contributed by atoms with Gasteiger partial charge in [-0.25, -0.2) is 9.37 Å². The van der Waals surface area contributed by atoms with Gasteiger partial charge in [0.15, 0.2) is 0 Å². The number of pyridine rings is 1. The van der Waals surface area contributed by atoms with Gasteiger partial charge in [0.25, 0.3) is 5.56 Å². The van der Waals surface area contributed by atoms with E-state index in [2.05, 4.69) is 15.0 Å². The van der Waals surface area contributed by atoms with Crippen molar-refractivity contribution in [1.29, 1.82) is 0 Å². The summed E-state index contributed by atoms with van der Waals surface area (Å²) in [7, 11) is 3.60. The van der Waals surface area contributed by atoms with Crippen LogP contribution in [0.2, 0.25) is 0 Å². The molecule has 0 aliphatic carbocycles. The molecule has 1 aromatic carbocycles. The molecule has 2 aromatic heterocycles. The van der Waals surface area contributed by atoms with Crippen molar-refractivity contribution in [3.63, 3.8) is 0 Å². The van der Waals surface area contributed by atoms with E-state index in [9.17, 15) is 9.18 Å². The van der Waals surface area contributed by atoms with Crippen molar-refractivity contribution in [2.75, 3.05) is 19.0 Å². The maximum atomic E-state index is 13.2. The van der Waals surface area contributed by atoms with Crippen LogP contribution in [0.3, 0.4) is 0 Å². The molecule has 0 saturated heterocycles. The number of aromatic nitrogens is 3. The summed E-state index contributed by atoms with van der Waals surface area (Å²) in [4.78, 5) is 25.6. The quantitative estimate of drug-likeness (QED) is 0.808. The number of hydrogen-bond acceptors (Lipinski definition) is 4. The molecule has 3 rings (SSSR count). The molecule has 0 aliphatic heterocycles. The number of halogens is 1. The molecule has 0 amide bonds. The standard InChI is InChI=1S/C17H15FN4O/c1-22(2)17-20-15(12-7-9-19-10-8-12)14(16(23)21-17)11-3-5-13(18)6-4-11/h3-10H,1-2H3,(H,20,21,23). The van der Waals surface area contributed by atoms with E-state index in [1.165, 1.54) is 12.1 Å². The zero-order chi connectivity index (χ0) is 16.4. The van der Waals surface area contributed by atoms with Crippen LogP contribution in [0.25, 0.3) is 22.4 Å². The third-order valence-electron chi connectivity index (χ3n) is 3.42. The molecule has 0 radical (unpaired) electrons. The Bertz CT molecular complexity index is 873. The third kappa shape index (κ3) is 2.96. The van der Waals surface area contributed by atoms with Crippen LogP contribution in [0.5, 0.6) is 0 Å². The zero-order valence-corrected chi connectivity index (χ0v) is 12.7. The normalized spacial score (nSPS) is 10.6. The number of benzene rings is 1. The molecule has 0 fully saturated rings. The molecule has 0 aliphatic rings. The summed E-state index contributed by atoms with van der Waals surface area (Å²) in [6.07, 6.45) is 3.28. The number of aromatic amines is 1. The van der Waals surface area contributed by atoms with Gasteiger partial charge in [-0.2, -0.15) is 0 Å². The number of rotatable bonds is 3. The second kappa shape index (κ2) is 6.00. The number of H-pyrrole nitrogens is 1. The van der Waals surface area contributed by atoms with Crippen molar-refractivity contribution in [3.8, 4) is 22.4 Å². The molecule has 0 bridgehead atoms. The number of hydrogen-bond donors (Lipinski definition) is 1. The van der Waals surface area contributed by atoms with Crippen LogP contribution < -0.4 is 10.5 Å². The van der Waals surface area contributed by atoms with E-state index in [0.717, 1.165) is 5.56 Å². The minimum atomic E-state index is -0.353. The second-order valence-corrected chi connectivity index (χ2v) is 5.25. The third-order valence-corrected chi connectivity index (χ3v) is 3.42. The van der Waals surface area contributed by atoms with Gasteiger partial charge >= 0.3 is 0 Å². The van der Waals surface area contributed by atoms with E-state index >= 15 is 0 Å². The van der Waals surface area contributed by atoms with Crippen molar-refractivity contribution in [2.45, 2.75) is 0 Å². The Kier molecular flexibility index (Phi) is 3.89. The molecular weight excluding hydrogens is 295 g/mol. The predicted octanol–water partition coefficient (Wildman–Crippen LogP) is 2.70. The van der Waals surface area contributed by atoms with E-state index in [4.69, 9.17) is 0 Å². The van der Waals surface area contributed by atoms with Crippen molar-refractivity contribution < 1.29 is 4.39 Å². The molecule has 0 atom stereocenters. The maximum Gasteiger partial charge on any atom is 0.260 e. The highest BCUT2D eigenvalue weighted by Gasteiger charge is 2.16. The minimum absolute atomic E-state index is 0.276. The summed E-state index contributed by atoms with van der Waals surface area (Å²) in [5.74, 6) is 0.0983. The minimum Gasteiger partial charge on any atom is -0.348 e. The highest BCUT2D eigenvalue weighted by atomic mass is 19.1. The van der Waals surface area contributed by atoms with E-state index in [-0.39, 0.29) is 11.4 Å². The fourth-order valence-electron chi connectivity index (χ4n) is 2.28. The lowest BCUT2D eigenvalue weighted by atomic mass is 10.0. The topological polar surface area (TPSA) is 61.9 Å². The van der Waals surface area contributed by atoms with Crippen LogP contribution in [0.15, 0.2) is 53.6 Å². The average Bonchev–Trinajstić information content (AvgIpc) is 2.56. The van der Waals surface area contributed by atoms with Gasteiger partial charge in [-0.1, -0.05) is 12.1 Å². The maximum absolute atomic E-state index is 13.2. The average molecular weight is 310 g/mol. The summed E-state index contributed by atoms with van der Waals surface area (Å²) in [5, 5.41) is 0. The molecule has 2 heterocycles. The van der Waals surface area contributed by atoms with Gasteiger partial charge in [0, 0.05) is 32.1 Å². The fourth-order valence-corrected chi connectivity index (χ4v) is 2.28. The lowest BCUT2D eigenvalue weighted by Gasteiger charge is -2.15. The highest BCUT2D eigenvalue weighted by Crippen LogP contribution is 2.28. The summed E-state index contributed by atoms with van der Waals surface area (Å²) in [6.45, 7) is 0. The van der Waals surface area contributed by atoms with Crippen molar-refractivity contribution in [3.05, 3.63) is 65.0 Å². The van der Waals surface area contributed by atoms with Crippen LogP contribution in [0.4, 0.5) is 10.3 Å². The first-order valence-electron chi connectivity index (χ1n) is 7.04. The van der Waals surface area contributed by atoms with Crippen molar-refractivity contribution in [2.24, 2.45) is 0 Å². The molecule has 23 heavy (non-hydrogen) atoms. The van der Waals surface area contributed by atoms with Crippen molar-refractivity contribution in [1.82, 2.24) is 15.0 Å². The molecule has 6 heteroatoms. The first-order chi connectivity index (χ1) is 11.1. The SMILES string of the molecule is CN(C)c1nc(-c2ccncc2)c(-c2ccc(F)cc2)c(=O)[nH]1. The van der Waals surface area contributed by atoms with Crippen LogP contribution >= 0.6 is 0 Å². The van der Waals surface area contributed by atoms with Gasteiger partial charge < -0.3 is 4.90 Å². The molecule has 0 saturated carbocycles. The molecule has 0 unspecified atom stereocenters. The van der Waals surface area contributed by atoms with Gasteiger partial charge in [-0.3, -0.25) is 14.8 Å². The summed E-state index contributed by atoms with van der Waals surface area (Å²) < 4.78 is 13.2. The van der Waals surface area contributed by atoms with Gasteiger partial charge in [0.2, 0.25) is 5.95 Å². The molecule has 3 aromatic rings. The van der Waals surface area contributed by atoms with E-state index in [0.29, 0.717) is 22.8 Å². The zero-order valence-electron chi connectivity index (χ0n) is 12.7. The van der Waals surface area contributed by atoms with Crippen LogP contribution in [-0.4, -0.2) is 29.0 Å². The van der Waals surface area contributed by atoms with Crippen molar-refractivity contribution >= 4 is 5.95 Å². The number of anilines is 1. The largest absolute Gasteiger partial charge is 0.348 e. The summed E-state index contributed by atoms with van der Waals surface area (Å²) >= 11 is 0. The van der Waals surface area contributed by atoms with Gasteiger partial charge in [0.05, 0.1) is 11.3 Å². The Morgan fingerprint density at radius 2 is 1.65 bits per heavy atom. The Balaban J connectivity index is 2.30. The van der Waals surface area contributed by atoms with E-state index in [1.807, 2.05) is 0 Å². The second-order valence-electron chi connectivity index (χ2n) is 5.25. The Morgan fingerprint density at radius 3 is 2.26 bits per heavy atom. The molecule has 1 N–H and O–H groups in total. The number of nitrogens with zero attached hydrogens (tertiary/aromatic N) is 3. The molecule has 116 valence electrons. The van der Waals surface area contributed by atoms with Crippen LogP contribution in [0.1, 0.15) is 0 Å². The molecule has 0 spiro atoms. The molecular formula is C17H15FN4O. The Labute approximate surface area is 132 Å². The number of nitrogens with one attached hydrogen (secondary N) is 1. The predicted molar refractivity (Wildman–Crippen MR) is 87.8 cm³/mol. The molecule has 5 nitrogen and oxygen atoms in total. The Hall–Kier alpha value is -3.02. The van der Waals surface area contributed by atoms with E-state index in [1.54, 1.807) is 55.7 Å². The lowest BCUT2D eigenvalue weighted by Crippen LogP contribution is -2.21. The van der Waals surface area contributed by atoms with Gasteiger partial charge in [-0.15, -0.1) is 0 Å². The van der Waals surface area contributed by atoms with Gasteiger partial charge in [0.1, 0.15) is 5.82 Å². The Morgan fingerprint density at radius 1 is 1.00 bits per heavy atom. The lowest BCUT2D eigenvalue weighted by molar-refractivity contribution is 0.628. The van der Waals surface area contributed by atoms with E-state index < -0.39 is 0 Å². The summed E-state index contributed by atoms with van der Waals surface area (Å²) in [6, 6.07) is 9.36. The highest BCUT2D eigenvalue weighted by molar-refractivity contribution is 5.80. The smallest absolute Gasteiger partial charge is 0.260 e. The summed E-state index contributed by atoms with van der Waals surface area (Å²) in [5.41, 5.74) is 2.04. The first-order valence-corrected chi connectivity index (χ1v) is 7.04. The fraction of sp³-hybridized carbons (Fsp3) is 0.118. The van der Waals surface area contributed by atoms with Crippen LogP contribution in [-0.2, 0) is 0 Å². The van der Waals surface area contributed by atoms with Crippen LogP contribution in [0, 0.1) is 5.82 Å². The first kappa shape index (κ1) is 14.9. The van der Waals surface area contributed by atoms with Gasteiger partial charge in [-0.05, 0) is 29.8 Å². The monoisotopic (exact) mass is 310 g/mol.